The number of methoxy groups -OCH3 is 2. The first-order valence-electron chi connectivity index (χ1n) is 4.85. The third-order valence-electron chi connectivity index (χ3n) is 2.29. The number of hydrogen-bond donors (Lipinski definition) is 1. The van der Waals surface area contributed by atoms with Crippen LogP contribution in [0.5, 0.6) is 0 Å². The van der Waals surface area contributed by atoms with Crippen LogP contribution in [0.3, 0.4) is 0 Å². The predicted molar refractivity (Wildman–Crippen MR) is 59.1 cm³/mol. The zero-order chi connectivity index (χ0) is 13.9. The van der Waals surface area contributed by atoms with E-state index in [0.717, 1.165) is 13.2 Å². The van der Waals surface area contributed by atoms with Gasteiger partial charge >= 0.3 is 5.97 Å². The Morgan fingerprint density at radius 3 is 2.56 bits per heavy atom. The van der Waals surface area contributed by atoms with Gasteiger partial charge in [0.05, 0.1) is 13.7 Å². The van der Waals surface area contributed by atoms with Gasteiger partial charge in [0.25, 0.3) is 0 Å². The average molecular weight is 281 g/mol. The topological polar surface area (TPSA) is 55.8 Å². The van der Waals surface area contributed by atoms with Crippen molar-refractivity contribution >= 4 is 17.6 Å². The van der Waals surface area contributed by atoms with Crippen molar-refractivity contribution in [2.75, 3.05) is 14.2 Å². The summed E-state index contributed by atoms with van der Waals surface area (Å²) >= 11 is 5.73. The van der Waals surface area contributed by atoms with Crippen molar-refractivity contribution < 1.29 is 28.2 Å². The van der Waals surface area contributed by atoms with Crippen LogP contribution < -0.4 is 0 Å². The molecular weight excluding hydrogens is 270 g/mol. The minimum Gasteiger partial charge on any atom is -0.467 e. The normalized spacial score (nSPS) is 12.3. The number of benzene rings is 1. The number of halogens is 3. The molecule has 0 fully saturated rings. The van der Waals surface area contributed by atoms with Gasteiger partial charge in [0.2, 0.25) is 0 Å². The first-order valence-corrected chi connectivity index (χ1v) is 5.22. The molecule has 1 unspecified atom stereocenters. The molecule has 0 heterocycles. The summed E-state index contributed by atoms with van der Waals surface area (Å²) in [6.45, 7) is -0.226. The lowest BCUT2D eigenvalue weighted by Gasteiger charge is -2.13. The number of carbonyl (C=O) groups is 1. The first-order chi connectivity index (χ1) is 8.43. The van der Waals surface area contributed by atoms with Gasteiger partial charge in [-0.3, -0.25) is 0 Å². The molecule has 18 heavy (non-hydrogen) atoms. The van der Waals surface area contributed by atoms with E-state index in [1.165, 1.54) is 7.11 Å². The summed E-state index contributed by atoms with van der Waals surface area (Å²) in [5, 5.41) is 9.32. The van der Waals surface area contributed by atoms with Crippen LogP contribution in [0.2, 0.25) is 5.02 Å². The Kier molecular flexibility index (Phi) is 5.01. The predicted octanol–water partition coefficient (Wildman–Crippen LogP) is 1.97. The van der Waals surface area contributed by atoms with Crippen molar-refractivity contribution in [3.05, 3.63) is 33.9 Å². The van der Waals surface area contributed by atoms with Crippen LogP contribution in [0.25, 0.3) is 0 Å². The third kappa shape index (κ3) is 2.77. The molecule has 100 valence electrons. The van der Waals surface area contributed by atoms with Gasteiger partial charge in [-0.15, -0.1) is 0 Å². The molecule has 7 heteroatoms. The lowest BCUT2D eigenvalue weighted by Crippen LogP contribution is -2.16. The fourth-order valence-corrected chi connectivity index (χ4v) is 1.62. The van der Waals surface area contributed by atoms with E-state index in [1.807, 2.05) is 0 Å². The zero-order valence-electron chi connectivity index (χ0n) is 9.67. The van der Waals surface area contributed by atoms with Crippen LogP contribution in [0.15, 0.2) is 6.07 Å². The van der Waals surface area contributed by atoms with Gasteiger partial charge in [-0.2, -0.15) is 0 Å². The Labute approximate surface area is 107 Å². The summed E-state index contributed by atoms with van der Waals surface area (Å²) in [5.41, 5.74) is -0.762. The minimum atomic E-state index is -1.93. The fraction of sp³-hybridized carbons (Fsp3) is 0.364. The van der Waals surface area contributed by atoms with Crippen molar-refractivity contribution in [1.29, 1.82) is 0 Å². The van der Waals surface area contributed by atoms with Crippen molar-refractivity contribution in [2.24, 2.45) is 0 Å². The second-order valence-electron chi connectivity index (χ2n) is 3.41. The molecule has 0 saturated carbocycles. The van der Waals surface area contributed by atoms with E-state index in [-0.39, 0.29) is 17.2 Å². The second kappa shape index (κ2) is 6.08. The number of carbonyl (C=O) groups excluding carboxylic acids is 1. The minimum absolute atomic E-state index is 0.145. The van der Waals surface area contributed by atoms with Crippen LogP contribution in [0.1, 0.15) is 17.2 Å². The molecule has 1 aromatic carbocycles. The third-order valence-corrected chi connectivity index (χ3v) is 2.63. The molecule has 0 radical (unpaired) electrons. The molecule has 0 aliphatic rings. The molecule has 0 saturated heterocycles. The van der Waals surface area contributed by atoms with Gasteiger partial charge in [-0.1, -0.05) is 11.6 Å². The maximum atomic E-state index is 13.7. The molecule has 0 aliphatic carbocycles. The van der Waals surface area contributed by atoms with Crippen molar-refractivity contribution in [3.63, 3.8) is 0 Å². The number of ether oxygens (including phenoxy) is 2. The Morgan fingerprint density at radius 2 is 2.06 bits per heavy atom. The highest BCUT2D eigenvalue weighted by molar-refractivity contribution is 6.31. The molecule has 0 spiro atoms. The van der Waals surface area contributed by atoms with Crippen molar-refractivity contribution in [1.82, 2.24) is 0 Å². The summed E-state index contributed by atoms with van der Waals surface area (Å²) in [6, 6.07) is 0.968. The highest BCUT2D eigenvalue weighted by atomic mass is 35.5. The van der Waals surface area contributed by atoms with Gasteiger partial charge in [-0.25, -0.2) is 13.6 Å². The smallest absolute Gasteiger partial charge is 0.339 e. The Morgan fingerprint density at radius 1 is 1.44 bits per heavy atom. The van der Waals surface area contributed by atoms with E-state index < -0.39 is 29.3 Å². The number of esters is 1. The van der Waals surface area contributed by atoms with E-state index in [1.54, 1.807) is 0 Å². The summed E-state index contributed by atoms with van der Waals surface area (Å²) in [5.74, 6) is -3.73. The van der Waals surface area contributed by atoms with Crippen molar-refractivity contribution in [2.45, 2.75) is 12.7 Å². The Bertz CT molecular complexity index is 465. The lowest BCUT2D eigenvalue weighted by atomic mass is 10.1. The summed E-state index contributed by atoms with van der Waals surface area (Å²) in [4.78, 5) is 11.1. The molecule has 1 aromatic rings. The van der Waals surface area contributed by atoms with Crippen LogP contribution in [-0.2, 0) is 20.9 Å². The van der Waals surface area contributed by atoms with Gasteiger partial charge < -0.3 is 14.6 Å². The zero-order valence-corrected chi connectivity index (χ0v) is 10.4. The quantitative estimate of drug-likeness (QED) is 0.677. The Hall–Kier alpha value is -1.24. The van der Waals surface area contributed by atoms with Gasteiger partial charge in [0.1, 0.15) is 0 Å². The van der Waals surface area contributed by atoms with Gasteiger partial charge in [0.15, 0.2) is 17.7 Å². The summed E-state index contributed by atoms with van der Waals surface area (Å²) < 4.78 is 36.2. The second-order valence-corrected chi connectivity index (χ2v) is 3.82. The molecule has 0 amide bonds. The van der Waals surface area contributed by atoms with Gasteiger partial charge in [-0.05, 0) is 6.07 Å². The van der Waals surface area contributed by atoms with Crippen LogP contribution in [-0.4, -0.2) is 25.3 Å². The summed E-state index contributed by atoms with van der Waals surface area (Å²) in [7, 11) is 2.31. The molecule has 4 nitrogen and oxygen atoms in total. The van der Waals surface area contributed by atoms with Gasteiger partial charge in [0, 0.05) is 23.3 Å². The molecule has 1 rings (SSSR count). The lowest BCUT2D eigenvalue weighted by molar-refractivity contribution is -0.150. The highest BCUT2D eigenvalue weighted by Crippen LogP contribution is 2.29. The summed E-state index contributed by atoms with van der Waals surface area (Å²) in [6.07, 6.45) is -1.93. The van der Waals surface area contributed by atoms with E-state index in [4.69, 9.17) is 11.6 Å². The molecular formula is C11H11ClF2O4. The maximum absolute atomic E-state index is 13.7. The van der Waals surface area contributed by atoms with E-state index in [2.05, 4.69) is 9.47 Å². The first kappa shape index (κ1) is 14.8. The largest absolute Gasteiger partial charge is 0.467 e. The number of aliphatic hydroxyl groups is 1. The number of aliphatic hydroxyl groups excluding tert-OH is 1. The molecule has 0 aliphatic heterocycles. The maximum Gasteiger partial charge on any atom is 0.339 e. The van der Waals surface area contributed by atoms with E-state index in [0.29, 0.717) is 0 Å². The average Bonchev–Trinajstić information content (AvgIpc) is 2.37. The van der Waals surface area contributed by atoms with Crippen molar-refractivity contribution in [3.8, 4) is 0 Å². The standard InChI is InChI=1S/C11H11ClF2O4/c1-17-4-6-7(12)3-5(8(13)9(6)14)10(15)11(16)18-2/h3,10,15H,4H2,1-2H3. The van der Waals surface area contributed by atoms with Crippen LogP contribution >= 0.6 is 11.6 Å². The SMILES string of the molecule is COCc1c(Cl)cc(C(O)C(=O)OC)c(F)c1F. The number of rotatable bonds is 4. The Balaban J connectivity index is 3.28. The monoisotopic (exact) mass is 280 g/mol. The van der Waals surface area contributed by atoms with E-state index in [9.17, 15) is 18.7 Å². The fourth-order valence-electron chi connectivity index (χ4n) is 1.37. The van der Waals surface area contributed by atoms with E-state index >= 15 is 0 Å². The molecule has 1 atom stereocenters. The molecule has 0 bridgehead atoms. The van der Waals surface area contributed by atoms with Crippen LogP contribution in [0.4, 0.5) is 8.78 Å². The number of hydrogen-bond acceptors (Lipinski definition) is 4. The van der Waals surface area contributed by atoms with Crippen LogP contribution in [0, 0.1) is 11.6 Å². The molecule has 1 N–H and O–H groups in total. The molecule has 0 aromatic heterocycles. The highest BCUT2D eigenvalue weighted by Gasteiger charge is 2.26.